The van der Waals surface area contributed by atoms with E-state index in [0.717, 1.165) is 5.56 Å². The second-order valence-electron chi connectivity index (χ2n) is 5.98. The van der Waals surface area contributed by atoms with Crippen molar-refractivity contribution in [2.24, 2.45) is 5.73 Å². The Kier molecular flexibility index (Phi) is 5.29. The number of carbonyl (C=O) groups excluding carboxylic acids is 2. The number of halogens is 1. The molecule has 0 aromatic heterocycles. The third-order valence-electron chi connectivity index (χ3n) is 4.32. The zero-order valence-electron chi connectivity index (χ0n) is 14.1. The monoisotopic (exact) mass is 391 g/mol. The molecule has 0 fully saturated rings. The summed E-state index contributed by atoms with van der Waals surface area (Å²) in [6.45, 7) is 0. The number of benzene rings is 2. The molecule has 6 nitrogen and oxygen atoms in total. The minimum Gasteiger partial charge on any atom is -0.351 e. The van der Waals surface area contributed by atoms with Crippen LogP contribution in [0.3, 0.4) is 0 Å². The van der Waals surface area contributed by atoms with Crippen molar-refractivity contribution in [3.8, 4) is 0 Å². The molecule has 2 aromatic rings. The maximum atomic E-state index is 12.8. The Morgan fingerprint density at radius 3 is 2.69 bits per heavy atom. The number of carbonyl (C=O) groups is 2. The fourth-order valence-corrected chi connectivity index (χ4v) is 3.77. The normalized spacial score (nSPS) is 17.3. The number of para-hydroxylation sites is 1. The Bertz CT molecular complexity index is 903. The molecule has 3 rings (SSSR count). The zero-order valence-corrected chi connectivity index (χ0v) is 15.6. The van der Waals surface area contributed by atoms with E-state index in [1.54, 1.807) is 36.6 Å². The maximum Gasteiger partial charge on any atom is 0.320 e. The van der Waals surface area contributed by atoms with E-state index < -0.39 is 22.9 Å². The average Bonchev–Trinajstić information content (AvgIpc) is 2.62. The summed E-state index contributed by atoms with van der Waals surface area (Å²) in [5.41, 5.74) is 7.50. The fraction of sp³-hybridized carbons (Fsp3) is 0.222. The summed E-state index contributed by atoms with van der Waals surface area (Å²) in [5.74, 6) is -0.390. The van der Waals surface area contributed by atoms with E-state index in [1.807, 2.05) is 12.1 Å². The fourth-order valence-electron chi connectivity index (χ4n) is 3.06. The van der Waals surface area contributed by atoms with E-state index >= 15 is 0 Å². The van der Waals surface area contributed by atoms with Crippen molar-refractivity contribution in [1.29, 1.82) is 0 Å². The lowest BCUT2D eigenvalue weighted by molar-refractivity contribution is -0.117. The highest BCUT2D eigenvalue weighted by atomic mass is 35.5. The Morgan fingerprint density at radius 1 is 1.27 bits per heavy atom. The third-order valence-corrected chi connectivity index (χ3v) is 5.57. The van der Waals surface area contributed by atoms with Gasteiger partial charge in [0.25, 0.3) is 0 Å². The Hall–Kier alpha value is -2.38. The van der Waals surface area contributed by atoms with E-state index in [4.69, 9.17) is 17.3 Å². The van der Waals surface area contributed by atoms with Gasteiger partial charge in [0.2, 0.25) is 5.91 Å². The summed E-state index contributed by atoms with van der Waals surface area (Å²) in [7, 11) is -1.21. The highest BCUT2D eigenvalue weighted by Crippen LogP contribution is 2.32. The number of hydrogen-bond donors (Lipinski definition) is 2. The summed E-state index contributed by atoms with van der Waals surface area (Å²) in [5, 5.41) is 3.06. The molecule has 3 N–H and O–H groups in total. The first-order valence-electron chi connectivity index (χ1n) is 7.99. The molecule has 1 aliphatic heterocycles. The summed E-state index contributed by atoms with van der Waals surface area (Å²) in [6, 6.07) is 10.7. The molecule has 8 heteroatoms. The van der Waals surface area contributed by atoms with Crippen LogP contribution in [0.1, 0.15) is 12.0 Å². The van der Waals surface area contributed by atoms with Crippen LogP contribution in [-0.2, 0) is 22.0 Å². The number of amides is 3. The molecule has 0 saturated carbocycles. The molecule has 2 unspecified atom stereocenters. The van der Waals surface area contributed by atoms with Crippen LogP contribution in [0.25, 0.3) is 0 Å². The molecule has 136 valence electrons. The Balaban J connectivity index is 1.89. The number of nitrogens with two attached hydrogens (primary N) is 1. The highest BCUT2D eigenvalue weighted by molar-refractivity contribution is 7.84. The first-order chi connectivity index (χ1) is 12.4. The first kappa shape index (κ1) is 18.4. The second kappa shape index (κ2) is 7.47. The quantitative estimate of drug-likeness (QED) is 0.842. The van der Waals surface area contributed by atoms with Gasteiger partial charge in [-0.15, -0.1) is 0 Å². The number of fused-ring (bicyclic) bond motifs is 1. The number of rotatable bonds is 3. The van der Waals surface area contributed by atoms with Gasteiger partial charge in [-0.25, -0.2) is 4.79 Å². The van der Waals surface area contributed by atoms with Crippen LogP contribution in [-0.4, -0.2) is 28.4 Å². The van der Waals surface area contributed by atoms with Gasteiger partial charge in [-0.3, -0.25) is 13.9 Å². The second-order valence-corrected chi connectivity index (χ2v) is 7.76. The predicted molar refractivity (Wildman–Crippen MR) is 103 cm³/mol. The molecule has 0 radical (unpaired) electrons. The lowest BCUT2D eigenvalue weighted by Gasteiger charge is -2.35. The molecule has 1 aliphatic rings. The van der Waals surface area contributed by atoms with Crippen LogP contribution in [0.5, 0.6) is 0 Å². The van der Waals surface area contributed by atoms with Crippen LogP contribution in [0.15, 0.2) is 47.4 Å². The van der Waals surface area contributed by atoms with Gasteiger partial charge in [0.15, 0.2) is 0 Å². The van der Waals surface area contributed by atoms with Crippen molar-refractivity contribution in [2.75, 3.05) is 16.5 Å². The topological polar surface area (TPSA) is 92.5 Å². The molecule has 2 atom stereocenters. The number of nitrogens with zero attached hydrogens (tertiary/aromatic N) is 1. The largest absolute Gasteiger partial charge is 0.351 e. The minimum atomic E-state index is -1.21. The predicted octanol–water partition coefficient (Wildman–Crippen LogP) is 2.92. The van der Waals surface area contributed by atoms with Crippen molar-refractivity contribution in [2.45, 2.75) is 23.8 Å². The van der Waals surface area contributed by atoms with Crippen molar-refractivity contribution in [3.63, 3.8) is 0 Å². The molecular weight excluding hydrogens is 374 g/mol. The Labute approximate surface area is 158 Å². The van der Waals surface area contributed by atoms with E-state index in [-0.39, 0.29) is 5.91 Å². The smallest absolute Gasteiger partial charge is 0.320 e. The van der Waals surface area contributed by atoms with Gasteiger partial charge in [0, 0.05) is 27.6 Å². The molecule has 0 aliphatic carbocycles. The molecule has 0 spiro atoms. The maximum absolute atomic E-state index is 12.8. The number of hydrogen-bond acceptors (Lipinski definition) is 3. The molecule has 3 amide bonds. The number of primary amides is 1. The van der Waals surface area contributed by atoms with E-state index in [0.29, 0.717) is 34.1 Å². The number of urea groups is 1. The van der Waals surface area contributed by atoms with Crippen LogP contribution in [0.2, 0.25) is 5.02 Å². The van der Waals surface area contributed by atoms with Crippen molar-refractivity contribution < 1.29 is 13.8 Å². The van der Waals surface area contributed by atoms with Gasteiger partial charge < -0.3 is 11.1 Å². The molecule has 26 heavy (non-hydrogen) atoms. The van der Waals surface area contributed by atoms with E-state index in [2.05, 4.69) is 5.32 Å². The standard InChI is InChI=1S/C18H18ClN3O3S/c1-26(25)12-7-8-13(19)14(10-12)21-17(23)16-9-6-11-4-2-3-5-15(11)22(16)18(20)24/h2-5,7-8,10,16H,6,9H2,1H3,(H2,20,24)(H,21,23). The average molecular weight is 392 g/mol. The van der Waals surface area contributed by atoms with Crippen LogP contribution >= 0.6 is 11.6 Å². The summed E-state index contributed by atoms with van der Waals surface area (Å²) < 4.78 is 11.7. The Morgan fingerprint density at radius 2 is 2.00 bits per heavy atom. The van der Waals surface area contributed by atoms with Gasteiger partial charge in [0.05, 0.1) is 10.7 Å². The number of anilines is 2. The van der Waals surface area contributed by atoms with Crippen molar-refractivity contribution in [3.05, 3.63) is 53.1 Å². The molecule has 1 heterocycles. The number of nitrogens with one attached hydrogen (secondary N) is 1. The lowest BCUT2D eigenvalue weighted by Crippen LogP contribution is -2.52. The summed E-state index contributed by atoms with van der Waals surface area (Å²) in [6.07, 6.45) is 2.65. The van der Waals surface area contributed by atoms with Gasteiger partial charge >= 0.3 is 6.03 Å². The minimum absolute atomic E-state index is 0.328. The van der Waals surface area contributed by atoms with Crippen molar-refractivity contribution in [1.82, 2.24) is 0 Å². The van der Waals surface area contributed by atoms with Crippen LogP contribution < -0.4 is 16.0 Å². The zero-order chi connectivity index (χ0) is 18.8. The van der Waals surface area contributed by atoms with E-state index in [1.165, 1.54) is 4.90 Å². The third kappa shape index (κ3) is 3.59. The highest BCUT2D eigenvalue weighted by Gasteiger charge is 2.34. The van der Waals surface area contributed by atoms with Crippen molar-refractivity contribution >= 4 is 45.7 Å². The van der Waals surface area contributed by atoms with Gasteiger partial charge in [0.1, 0.15) is 6.04 Å². The first-order valence-corrected chi connectivity index (χ1v) is 9.92. The molecule has 0 bridgehead atoms. The molecule has 2 aromatic carbocycles. The SMILES string of the molecule is CS(=O)c1ccc(Cl)c(NC(=O)C2CCc3ccccc3N2C(N)=O)c1. The van der Waals surface area contributed by atoms with Gasteiger partial charge in [-0.05, 0) is 42.7 Å². The van der Waals surface area contributed by atoms with E-state index in [9.17, 15) is 13.8 Å². The summed E-state index contributed by atoms with van der Waals surface area (Å²) in [4.78, 5) is 26.7. The molecule has 0 saturated heterocycles. The van der Waals surface area contributed by atoms with Gasteiger partial charge in [-0.2, -0.15) is 0 Å². The molecular formula is C18H18ClN3O3S. The summed E-state index contributed by atoms with van der Waals surface area (Å²) >= 11 is 6.14. The van der Waals surface area contributed by atoms with Crippen LogP contribution in [0.4, 0.5) is 16.2 Å². The van der Waals surface area contributed by atoms with Gasteiger partial charge in [-0.1, -0.05) is 29.8 Å². The number of aryl methyl sites for hydroxylation is 1. The van der Waals surface area contributed by atoms with Crippen LogP contribution in [0, 0.1) is 0 Å². The lowest BCUT2D eigenvalue weighted by atomic mass is 9.95.